The summed E-state index contributed by atoms with van der Waals surface area (Å²) in [7, 11) is 0. The first kappa shape index (κ1) is 14.0. The predicted octanol–water partition coefficient (Wildman–Crippen LogP) is 0.619. The Hall–Kier alpha value is -2.96. The highest BCUT2D eigenvalue weighted by Crippen LogP contribution is 2.34. The largest absolute Gasteiger partial charge is 0.550 e. The maximum absolute atomic E-state index is 12.0. The fourth-order valence-corrected chi connectivity index (χ4v) is 2.19. The Bertz CT molecular complexity index is 694. The summed E-state index contributed by atoms with van der Waals surface area (Å²) in [6.07, 6.45) is 0.995. The molecule has 7 nitrogen and oxygen atoms in total. The number of hydrogen-bond acceptors (Lipinski definition) is 6. The number of carboxylic acid groups (broad SMARTS) is 1. The molecule has 1 aliphatic heterocycles. The van der Waals surface area contributed by atoms with E-state index in [1.807, 2.05) is 0 Å². The van der Waals surface area contributed by atoms with Crippen LogP contribution in [0.15, 0.2) is 41.0 Å². The first-order valence-corrected chi connectivity index (χ1v) is 6.57. The molecule has 1 aromatic heterocycles. The van der Waals surface area contributed by atoms with Gasteiger partial charge in [-0.1, -0.05) is 6.07 Å². The topological polar surface area (TPSA) is 101 Å². The van der Waals surface area contributed by atoms with Crippen molar-refractivity contribution in [2.24, 2.45) is 0 Å². The van der Waals surface area contributed by atoms with Gasteiger partial charge >= 0.3 is 0 Å². The fourth-order valence-electron chi connectivity index (χ4n) is 2.19. The number of aliphatic carboxylic acids is 1. The van der Waals surface area contributed by atoms with Gasteiger partial charge in [-0.25, -0.2) is 0 Å². The molecule has 0 saturated heterocycles. The van der Waals surface area contributed by atoms with Crippen LogP contribution in [0.2, 0.25) is 0 Å². The van der Waals surface area contributed by atoms with Gasteiger partial charge in [-0.3, -0.25) is 4.79 Å². The van der Waals surface area contributed by atoms with Crippen molar-refractivity contribution < 1.29 is 28.6 Å². The Morgan fingerprint density at radius 2 is 2.05 bits per heavy atom. The van der Waals surface area contributed by atoms with Gasteiger partial charge in [0.15, 0.2) is 17.3 Å². The number of rotatable bonds is 5. The van der Waals surface area contributed by atoms with Crippen LogP contribution in [0.25, 0.3) is 0 Å². The normalized spacial score (nSPS) is 13.6. The molecule has 2 aromatic rings. The minimum absolute atomic E-state index is 0.101. The van der Waals surface area contributed by atoms with Gasteiger partial charge < -0.3 is 29.1 Å². The molecule has 0 unspecified atom stereocenters. The zero-order valence-electron chi connectivity index (χ0n) is 11.4. The van der Waals surface area contributed by atoms with Gasteiger partial charge in [0.1, 0.15) is 0 Å². The Morgan fingerprint density at radius 3 is 2.77 bits per heavy atom. The van der Waals surface area contributed by atoms with Gasteiger partial charge in [-0.15, -0.1) is 0 Å². The summed E-state index contributed by atoms with van der Waals surface area (Å²) in [5.74, 6) is -0.596. The first-order chi connectivity index (χ1) is 10.6. The zero-order chi connectivity index (χ0) is 15.5. The average molecular weight is 302 g/mol. The highest BCUT2D eigenvalue weighted by molar-refractivity contribution is 5.91. The first-order valence-electron chi connectivity index (χ1n) is 6.57. The molecule has 1 amide bonds. The summed E-state index contributed by atoms with van der Waals surface area (Å²) in [4.78, 5) is 23.0. The number of carboxylic acids is 1. The lowest BCUT2D eigenvalue weighted by molar-refractivity contribution is -0.306. The summed E-state index contributed by atoms with van der Waals surface area (Å²) in [6, 6.07) is 7.27. The van der Waals surface area contributed by atoms with E-state index in [2.05, 4.69) is 5.32 Å². The van der Waals surface area contributed by atoms with E-state index in [1.54, 1.807) is 24.3 Å². The highest BCUT2D eigenvalue weighted by Gasteiger charge is 2.21. The molecule has 1 N–H and O–H groups in total. The summed E-state index contributed by atoms with van der Waals surface area (Å²) in [5, 5.41) is 13.6. The molecule has 1 aromatic carbocycles. The summed E-state index contributed by atoms with van der Waals surface area (Å²) in [5.41, 5.74) is 0.577. The van der Waals surface area contributed by atoms with E-state index in [-0.39, 0.29) is 19.0 Å². The van der Waals surface area contributed by atoms with E-state index in [4.69, 9.17) is 13.9 Å². The SMILES string of the molecule is O=C([O-])C[C@H](NC(=O)c1ccco1)c1ccc2c(c1)OCO2. The smallest absolute Gasteiger partial charge is 0.287 e. The Labute approximate surface area is 125 Å². The van der Waals surface area contributed by atoms with Gasteiger partial charge in [-0.05, 0) is 29.8 Å². The number of carbonyl (C=O) groups is 2. The van der Waals surface area contributed by atoms with Crippen LogP contribution in [0.4, 0.5) is 0 Å². The van der Waals surface area contributed by atoms with Crippen LogP contribution in [-0.4, -0.2) is 18.7 Å². The molecule has 0 fully saturated rings. The maximum Gasteiger partial charge on any atom is 0.287 e. The van der Waals surface area contributed by atoms with Crippen molar-refractivity contribution in [1.29, 1.82) is 0 Å². The van der Waals surface area contributed by atoms with Gasteiger partial charge in [0.25, 0.3) is 5.91 Å². The van der Waals surface area contributed by atoms with Crippen LogP contribution in [0.5, 0.6) is 11.5 Å². The minimum atomic E-state index is -1.28. The number of ether oxygens (including phenoxy) is 2. The van der Waals surface area contributed by atoms with Crippen molar-refractivity contribution in [3.8, 4) is 11.5 Å². The van der Waals surface area contributed by atoms with E-state index in [1.165, 1.54) is 12.3 Å². The van der Waals surface area contributed by atoms with Crippen LogP contribution in [-0.2, 0) is 4.79 Å². The van der Waals surface area contributed by atoms with E-state index in [0.29, 0.717) is 17.1 Å². The second-order valence-electron chi connectivity index (χ2n) is 4.69. The minimum Gasteiger partial charge on any atom is -0.550 e. The molecule has 3 rings (SSSR count). The predicted molar refractivity (Wildman–Crippen MR) is 71.1 cm³/mol. The second kappa shape index (κ2) is 5.80. The van der Waals surface area contributed by atoms with E-state index in [9.17, 15) is 14.7 Å². The van der Waals surface area contributed by atoms with Gasteiger partial charge in [0.2, 0.25) is 6.79 Å². The molecular formula is C15H12NO6-. The number of furan rings is 1. The third-order valence-electron chi connectivity index (χ3n) is 3.22. The van der Waals surface area contributed by atoms with Crippen molar-refractivity contribution in [2.45, 2.75) is 12.5 Å². The van der Waals surface area contributed by atoms with Crippen molar-refractivity contribution in [1.82, 2.24) is 5.32 Å². The molecule has 0 saturated carbocycles. The maximum atomic E-state index is 12.0. The Morgan fingerprint density at radius 1 is 1.23 bits per heavy atom. The molecule has 114 valence electrons. The van der Waals surface area contributed by atoms with Crippen molar-refractivity contribution in [2.75, 3.05) is 6.79 Å². The second-order valence-corrected chi connectivity index (χ2v) is 4.69. The Kier molecular flexibility index (Phi) is 3.69. The number of fused-ring (bicyclic) bond motifs is 1. The van der Waals surface area contributed by atoms with Crippen molar-refractivity contribution >= 4 is 11.9 Å². The molecule has 22 heavy (non-hydrogen) atoms. The highest BCUT2D eigenvalue weighted by atomic mass is 16.7. The van der Waals surface area contributed by atoms with Crippen LogP contribution < -0.4 is 19.9 Å². The molecule has 0 bridgehead atoms. The molecule has 1 aliphatic rings. The third-order valence-corrected chi connectivity index (χ3v) is 3.22. The van der Waals surface area contributed by atoms with E-state index < -0.39 is 17.9 Å². The lowest BCUT2D eigenvalue weighted by atomic mass is 10.0. The number of carbonyl (C=O) groups excluding carboxylic acids is 2. The quantitative estimate of drug-likeness (QED) is 0.869. The number of nitrogens with one attached hydrogen (secondary N) is 1. The standard InChI is InChI=1S/C15H13NO6/c17-14(18)7-10(16-15(19)12-2-1-5-20-12)9-3-4-11-13(6-9)22-8-21-11/h1-6,10H,7-8H2,(H,16,19)(H,17,18)/p-1/t10-/m0/s1. The van der Waals surface area contributed by atoms with E-state index in [0.717, 1.165) is 0 Å². The van der Waals surface area contributed by atoms with Crippen molar-refractivity contribution in [3.05, 3.63) is 47.9 Å². The van der Waals surface area contributed by atoms with Crippen LogP contribution >= 0.6 is 0 Å². The van der Waals surface area contributed by atoms with Crippen LogP contribution in [0.3, 0.4) is 0 Å². The summed E-state index contributed by atoms with van der Waals surface area (Å²) >= 11 is 0. The monoisotopic (exact) mass is 302 g/mol. The molecule has 1 atom stereocenters. The van der Waals surface area contributed by atoms with Crippen LogP contribution in [0.1, 0.15) is 28.6 Å². The lowest BCUT2D eigenvalue weighted by Crippen LogP contribution is -2.34. The molecule has 0 spiro atoms. The molecule has 0 aliphatic carbocycles. The number of hydrogen-bond donors (Lipinski definition) is 1. The Balaban J connectivity index is 1.83. The van der Waals surface area contributed by atoms with Gasteiger partial charge in [-0.2, -0.15) is 0 Å². The third kappa shape index (κ3) is 2.88. The number of benzene rings is 1. The molecule has 2 heterocycles. The summed E-state index contributed by atoms with van der Waals surface area (Å²) in [6.45, 7) is 0.114. The van der Waals surface area contributed by atoms with Gasteiger partial charge in [0.05, 0.1) is 12.3 Å². The van der Waals surface area contributed by atoms with Gasteiger partial charge in [0, 0.05) is 12.4 Å². The zero-order valence-corrected chi connectivity index (χ0v) is 11.4. The van der Waals surface area contributed by atoms with Crippen LogP contribution in [0, 0.1) is 0 Å². The van der Waals surface area contributed by atoms with E-state index >= 15 is 0 Å². The molecular weight excluding hydrogens is 290 g/mol. The lowest BCUT2D eigenvalue weighted by Gasteiger charge is -2.19. The average Bonchev–Trinajstić information content (AvgIpc) is 3.16. The molecule has 0 radical (unpaired) electrons. The number of amides is 1. The molecule has 7 heteroatoms. The van der Waals surface area contributed by atoms with Crippen molar-refractivity contribution in [3.63, 3.8) is 0 Å². The summed E-state index contributed by atoms with van der Waals surface area (Å²) < 4.78 is 15.4. The fraction of sp³-hybridized carbons (Fsp3) is 0.200.